The third-order valence-electron chi connectivity index (χ3n) is 4.24. The number of carboxylic acids is 1. The van der Waals surface area contributed by atoms with Crippen LogP contribution in [0.25, 0.3) is 0 Å². The molecule has 0 aliphatic carbocycles. The van der Waals surface area contributed by atoms with Gasteiger partial charge in [-0.15, -0.1) is 0 Å². The van der Waals surface area contributed by atoms with Gasteiger partial charge in [0.15, 0.2) is 0 Å². The highest BCUT2D eigenvalue weighted by atomic mass is 16.4. The number of hydrogen-bond donors (Lipinski definition) is 3. The summed E-state index contributed by atoms with van der Waals surface area (Å²) in [6, 6.07) is 17.3. The number of anilines is 2. The lowest BCUT2D eigenvalue weighted by Crippen LogP contribution is -2.45. The largest absolute Gasteiger partial charge is 0.481 e. The van der Waals surface area contributed by atoms with Crippen LogP contribution in [0, 0.1) is 0 Å². The molecule has 0 radical (unpaired) electrons. The van der Waals surface area contributed by atoms with Gasteiger partial charge < -0.3 is 20.6 Å². The standard InChI is InChI=1S/C21H27N3O3/c1-21(2,14-13-19(25)26)23-20(27)22-17-11-7-8-12-18(17)24(3)15-16-9-5-4-6-10-16/h4-12H,13-15H2,1-3H3,(H,25,26)(H2,22,23,27). The van der Waals surface area contributed by atoms with Crippen molar-refractivity contribution in [2.45, 2.75) is 38.8 Å². The van der Waals surface area contributed by atoms with Crippen molar-refractivity contribution >= 4 is 23.4 Å². The van der Waals surface area contributed by atoms with E-state index in [-0.39, 0.29) is 12.5 Å². The average molecular weight is 369 g/mol. The van der Waals surface area contributed by atoms with E-state index in [4.69, 9.17) is 5.11 Å². The summed E-state index contributed by atoms with van der Waals surface area (Å²) in [6.07, 6.45) is 0.356. The number of benzene rings is 2. The van der Waals surface area contributed by atoms with Crippen LogP contribution < -0.4 is 15.5 Å². The van der Waals surface area contributed by atoms with Crippen molar-refractivity contribution in [1.29, 1.82) is 0 Å². The third-order valence-corrected chi connectivity index (χ3v) is 4.24. The van der Waals surface area contributed by atoms with Crippen molar-refractivity contribution in [3.63, 3.8) is 0 Å². The Balaban J connectivity index is 2.04. The number of carbonyl (C=O) groups excluding carboxylic acids is 1. The van der Waals surface area contributed by atoms with Gasteiger partial charge in [-0.25, -0.2) is 4.79 Å². The van der Waals surface area contributed by atoms with E-state index in [9.17, 15) is 9.59 Å². The van der Waals surface area contributed by atoms with Crippen LogP contribution in [0.1, 0.15) is 32.3 Å². The summed E-state index contributed by atoms with van der Waals surface area (Å²) in [7, 11) is 1.97. The monoisotopic (exact) mass is 369 g/mol. The number of aliphatic carboxylic acids is 1. The van der Waals surface area contributed by atoms with Crippen molar-refractivity contribution < 1.29 is 14.7 Å². The molecule has 27 heavy (non-hydrogen) atoms. The number of amides is 2. The van der Waals surface area contributed by atoms with Gasteiger partial charge in [0.25, 0.3) is 0 Å². The molecule has 0 aliphatic rings. The summed E-state index contributed by atoms with van der Waals surface area (Å²) < 4.78 is 0. The maximum Gasteiger partial charge on any atom is 0.319 e. The molecule has 0 fully saturated rings. The molecule has 2 aromatic rings. The van der Waals surface area contributed by atoms with Crippen LogP contribution in [-0.2, 0) is 11.3 Å². The van der Waals surface area contributed by atoms with Gasteiger partial charge in [-0.3, -0.25) is 4.79 Å². The van der Waals surface area contributed by atoms with E-state index >= 15 is 0 Å². The first-order valence-electron chi connectivity index (χ1n) is 8.92. The lowest BCUT2D eigenvalue weighted by molar-refractivity contribution is -0.137. The first-order valence-corrected chi connectivity index (χ1v) is 8.92. The highest BCUT2D eigenvalue weighted by Crippen LogP contribution is 2.26. The molecule has 0 atom stereocenters. The minimum atomic E-state index is -0.877. The Morgan fingerprint density at radius 3 is 2.33 bits per heavy atom. The molecule has 0 bridgehead atoms. The van der Waals surface area contributed by atoms with Crippen LogP contribution in [0.15, 0.2) is 54.6 Å². The van der Waals surface area contributed by atoms with E-state index < -0.39 is 11.5 Å². The number of nitrogens with zero attached hydrogens (tertiary/aromatic N) is 1. The van der Waals surface area contributed by atoms with Gasteiger partial charge in [0.1, 0.15) is 0 Å². The molecule has 0 aliphatic heterocycles. The topological polar surface area (TPSA) is 81.7 Å². The molecule has 0 saturated carbocycles. The summed E-state index contributed by atoms with van der Waals surface area (Å²) in [6.45, 7) is 4.33. The van der Waals surface area contributed by atoms with Gasteiger partial charge in [0, 0.05) is 25.6 Å². The number of carboxylic acid groups (broad SMARTS) is 1. The van der Waals surface area contributed by atoms with Crippen LogP contribution in [0.3, 0.4) is 0 Å². The van der Waals surface area contributed by atoms with Crippen LogP contribution in [0.5, 0.6) is 0 Å². The smallest absolute Gasteiger partial charge is 0.319 e. The number of nitrogens with one attached hydrogen (secondary N) is 2. The predicted molar refractivity (Wildman–Crippen MR) is 108 cm³/mol. The lowest BCUT2D eigenvalue weighted by Gasteiger charge is -2.27. The first kappa shape index (κ1) is 20.3. The van der Waals surface area contributed by atoms with Gasteiger partial charge in [-0.1, -0.05) is 42.5 Å². The van der Waals surface area contributed by atoms with Crippen LogP contribution in [0.4, 0.5) is 16.2 Å². The molecule has 2 amide bonds. The Morgan fingerprint density at radius 2 is 1.67 bits per heavy atom. The number of urea groups is 1. The lowest BCUT2D eigenvalue weighted by atomic mass is 9.99. The zero-order valence-electron chi connectivity index (χ0n) is 16.0. The second-order valence-electron chi connectivity index (χ2n) is 7.22. The minimum Gasteiger partial charge on any atom is -0.481 e. The molecule has 0 spiro atoms. The minimum absolute atomic E-state index is 0.00365. The summed E-state index contributed by atoms with van der Waals surface area (Å²) in [5.74, 6) is -0.877. The highest BCUT2D eigenvalue weighted by Gasteiger charge is 2.22. The van der Waals surface area contributed by atoms with E-state index in [0.29, 0.717) is 18.7 Å². The van der Waals surface area contributed by atoms with Gasteiger partial charge in [-0.05, 0) is 38.0 Å². The van der Waals surface area contributed by atoms with Crippen molar-refractivity contribution in [2.24, 2.45) is 0 Å². The van der Waals surface area contributed by atoms with E-state index in [2.05, 4.69) is 27.7 Å². The fourth-order valence-electron chi connectivity index (χ4n) is 2.80. The number of para-hydroxylation sites is 2. The molecule has 6 nitrogen and oxygen atoms in total. The Labute approximate surface area is 160 Å². The van der Waals surface area contributed by atoms with Crippen LogP contribution in [-0.4, -0.2) is 29.7 Å². The highest BCUT2D eigenvalue weighted by molar-refractivity contribution is 5.93. The normalized spacial score (nSPS) is 10.9. The quantitative estimate of drug-likeness (QED) is 0.655. The first-order chi connectivity index (χ1) is 12.8. The van der Waals surface area contributed by atoms with Gasteiger partial charge in [0.2, 0.25) is 0 Å². The van der Waals surface area contributed by atoms with E-state index in [1.165, 1.54) is 5.56 Å². The molecule has 2 aromatic carbocycles. The fraction of sp³-hybridized carbons (Fsp3) is 0.333. The maximum absolute atomic E-state index is 12.4. The van der Waals surface area contributed by atoms with E-state index in [0.717, 1.165) is 5.69 Å². The van der Waals surface area contributed by atoms with E-state index in [1.54, 1.807) is 0 Å². The average Bonchev–Trinajstić information content (AvgIpc) is 2.61. The van der Waals surface area contributed by atoms with Crippen molar-refractivity contribution in [3.8, 4) is 0 Å². The molecular formula is C21H27N3O3. The van der Waals surface area contributed by atoms with Gasteiger partial charge >= 0.3 is 12.0 Å². The summed E-state index contributed by atoms with van der Waals surface area (Å²) in [4.78, 5) is 25.2. The zero-order valence-corrected chi connectivity index (χ0v) is 16.0. The Morgan fingerprint density at radius 1 is 1.04 bits per heavy atom. The van der Waals surface area contributed by atoms with Crippen LogP contribution >= 0.6 is 0 Å². The van der Waals surface area contributed by atoms with Crippen molar-refractivity contribution in [1.82, 2.24) is 5.32 Å². The summed E-state index contributed by atoms with van der Waals surface area (Å²) >= 11 is 0. The van der Waals surface area contributed by atoms with Crippen molar-refractivity contribution in [3.05, 3.63) is 60.2 Å². The molecule has 6 heteroatoms. The number of carbonyl (C=O) groups is 2. The molecule has 3 N–H and O–H groups in total. The van der Waals surface area contributed by atoms with Gasteiger partial charge in [-0.2, -0.15) is 0 Å². The molecule has 2 rings (SSSR count). The maximum atomic E-state index is 12.4. The molecule has 144 valence electrons. The Hall–Kier alpha value is -3.02. The SMILES string of the molecule is CN(Cc1ccccc1)c1ccccc1NC(=O)NC(C)(C)CCC(=O)O. The number of hydrogen-bond acceptors (Lipinski definition) is 3. The fourth-order valence-corrected chi connectivity index (χ4v) is 2.80. The third kappa shape index (κ3) is 6.66. The van der Waals surface area contributed by atoms with Gasteiger partial charge in [0.05, 0.1) is 11.4 Å². The summed E-state index contributed by atoms with van der Waals surface area (Å²) in [5, 5.41) is 14.6. The Bertz CT molecular complexity index is 775. The molecule has 0 unspecified atom stereocenters. The Kier molecular flexibility index (Phi) is 6.82. The molecular weight excluding hydrogens is 342 g/mol. The molecule has 0 aromatic heterocycles. The predicted octanol–water partition coefficient (Wildman–Crippen LogP) is 4.09. The zero-order chi connectivity index (χ0) is 19.9. The second kappa shape index (κ2) is 9.07. The summed E-state index contributed by atoms with van der Waals surface area (Å²) in [5.41, 5.74) is 2.16. The second-order valence-corrected chi connectivity index (χ2v) is 7.22. The molecule has 0 saturated heterocycles. The molecule has 0 heterocycles. The van der Waals surface area contributed by atoms with Crippen LogP contribution in [0.2, 0.25) is 0 Å². The number of rotatable bonds is 8. The van der Waals surface area contributed by atoms with Crippen molar-refractivity contribution in [2.75, 3.05) is 17.3 Å². The van der Waals surface area contributed by atoms with E-state index in [1.807, 2.05) is 63.4 Å².